The molecule has 0 N–H and O–H groups in total. The van der Waals surface area contributed by atoms with Gasteiger partial charge in [0.15, 0.2) is 0 Å². The highest BCUT2D eigenvalue weighted by Crippen LogP contribution is 2.33. The Kier molecular flexibility index (Phi) is 4.96. The van der Waals surface area contributed by atoms with Gasteiger partial charge >= 0.3 is 0 Å². The van der Waals surface area contributed by atoms with Gasteiger partial charge in [0.05, 0.1) is 25.5 Å². The molecule has 3 amide bonds. The van der Waals surface area contributed by atoms with Gasteiger partial charge in [0, 0.05) is 18.2 Å². The highest BCUT2D eigenvalue weighted by atomic mass is 16.5. The quantitative estimate of drug-likeness (QED) is 0.749. The molecule has 7 heteroatoms. The second-order valence-corrected chi connectivity index (χ2v) is 7.11. The van der Waals surface area contributed by atoms with Crippen molar-refractivity contribution in [1.82, 2.24) is 4.90 Å². The molecule has 2 aliphatic heterocycles. The van der Waals surface area contributed by atoms with Gasteiger partial charge in [-0.2, -0.15) is 0 Å². The summed E-state index contributed by atoms with van der Waals surface area (Å²) < 4.78 is 10.5. The summed E-state index contributed by atoms with van der Waals surface area (Å²) in [5, 5.41) is 0. The fraction of sp³-hybridized carbons (Fsp3) is 0.318. The highest BCUT2D eigenvalue weighted by molar-refractivity contribution is 6.26. The molecule has 4 rings (SSSR count). The molecule has 2 aromatic rings. The monoisotopic (exact) mass is 394 g/mol. The molecule has 0 unspecified atom stereocenters. The summed E-state index contributed by atoms with van der Waals surface area (Å²) in [7, 11) is 2.99. The van der Waals surface area contributed by atoms with Crippen LogP contribution in [-0.4, -0.2) is 49.4 Å². The zero-order valence-electron chi connectivity index (χ0n) is 16.4. The summed E-state index contributed by atoms with van der Waals surface area (Å²) in [6.45, 7) is 0.512. The third kappa shape index (κ3) is 3.22. The zero-order chi connectivity index (χ0) is 20.5. The maximum absolute atomic E-state index is 13.5. The Balaban J connectivity index is 1.85. The lowest BCUT2D eigenvalue weighted by molar-refractivity contribution is -0.123. The lowest BCUT2D eigenvalue weighted by atomic mass is 10.0. The Morgan fingerprint density at radius 2 is 1.69 bits per heavy atom. The number of benzene rings is 2. The number of ether oxygens (including phenoxy) is 2. The Hall–Kier alpha value is -3.35. The minimum absolute atomic E-state index is 0.211. The van der Waals surface area contributed by atoms with Crippen LogP contribution in [0.4, 0.5) is 5.69 Å². The lowest BCUT2D eigenvalue weighted by Crippen LogP contribution is -2.52. The van der Waals surface area contributed by atoms with Crippen LogP contribution < -0.4 is 14.4 Å². The van der Waals surface area contributed by atoms with E-state index in [-0.39, 0.29) is 17.4 Å². The number of carbonyl (C=O) groups excluding carboxylic acids is 3. The number of hydrogen-bond donors (Lipinski definition) is 0. The van der Waals surface area contributed by atoms with Crippen LogP contribution in [0.25, 0.3) is 0 Å². The molecule has 29 heavy (non-hydrogen) atoms. The van der Waals surface area contributed by atoms with Crippen molar-refractivity contribution < 1.29 is 23.9 Å². The largest absolute Gasteiger partial charge is 0.497 e. The minimum Gasteiger partial charge on any atom is -0.497 e. The molecular weight excluding hydrogens is 372 g/mol. The smallest absolute Gasteiger partial charge is 0.265 e. The Bertz CT molecular complexity index is 965. The number of amides is 3. The number of piperidine rings is 1. The summed E-state index contributed by atoms with van der Waals surface area (Å²) >= 11 is 0. The predicted molar refractivity (Wildman–Crippen MR) is 106 cm³/mol. The van der Waals surface area contributed by atoms with Crippen LogP contribution in [0.15, 0.2) is 42.5 Å². The average Bonchev–Trinajstić information content (AvgIpc) is 2.86. The van der Waals surface area contributed by atoms with E-state index >= 15 is 0 Å². The van der Waals surface area contributed by atoms with Gasteiger partial charge in [-0.15, -0.1) is 0 Å². The molecule has 7 nitrogen and oxygen atoms in total. The van der Waals surface area contributed by atoms with E-state index in [4.69, 9.17) is 9.47 Å². The van der Waals surface area contributed by atoms with E-state index in [9.17, 15) is 14.4 Å². The first kappa shape index (κ1) is 19.0. The number of methoxy groups -OCH3 is 2. The fourth-order valence-electron chi connectivity index (χ4n) is 3.97. The SMILES string of the molecule is COc1cc(OC)cc(C(=O)N2C(=O)[C@@H]3CCCCN3C(=O)c3ccccc32)c1. The maximum Gasteiger partial charge on any atom is 0.265 e. The molecule has 0 bridgehead atoms. The molecule has 0 aromatic heterocycles. The van der Waals surface area contributed by atoms with Gasteiger partial charge in [-0.05, 0) is 43.5 Å². The molecule has 1 saturated heterocycles. The number of carbonyl (C=O) groups is 3. The van der Waals surface area contributed by atoms with E-state index in [2.05, 4.69) is 0 Å². The van der Waals surface area contributed by atoms with E-state index in [1.165, 1.54) is 14.2 Å². The summed E-state index contributed by atoms with van der Waals surface area (Å²) in [6.07, 6.45) is 2.23. The lowest BCUT2D eigenvalue weighted by Gasteiger charge is -2.34. The molecule has 2 aromatic carbocycles. The van der Waals surface area contributed by atoms with Crippen molar-refractivity contribution >= 4 is 23.4 Å². The second kappa shape index (κ2) is 7.58. The fourth-order valence-corrected chi connectivity index (χ4v) is 3.97. The van der Waals surface area contributed by atoms with Gasteiger partial charge in [-0.1, -0.05) is 12.1 Å². The summed E-state index contributed by atoms with van der Waals surface area (Å²) in [4.78, 5) is 42.8. The topological polar surface area (TPSA) is 76.2 Å². The van der Waals surface area contributed by atoms with Crippen LogP contribution in [0, 0.1) is 0 Å². The molecule has 1 atom stereocenters. The first-order valence-electron chi connectivity index (χ1n) is 9.56. The second-order valence-electron chi connectivity index (χ2n) is 7.11. The van der Waals surface area contributed by atoms with Crippen molar-refractivity contribution in [2.24, 2.45) is 0 Å². The molecule has 0 saturated carbocycles. The number of nitrogens with zero attached hydrogens (tertiary/aromatic N) is 2. The van der Waals surface area contributed by atoms with E-state index < -0.39 is 11.9 Å². The van der Waals surface area contributed by atoms with Gasteiger partial charge in [-0.3, -0.25) is 14.4 Å². The molecule has 0 aliphatic carbocycles. The molecule has 2 heterocycles. The maximum atomic E-state index is 13.5. The van der Waals surface area contributed by atoms with Crippen LogP contribution in [0.3, 0.4) is 0 Å². The predicted octanol–water partition coefficient (Wildman–Crippen LogP) is 2.89. The Morgan fingerprint density at radius 1 is 1.00 bits per heavy atom. The van der Waals surface area contributed by atoms with E-state index in [1.54, 1.807) is 47.4 Å². The van der Waals surface area contributed by atoms with Gasteiger partial charge in [0.25, 0.3) is 17.7 Å². The van der Waals surface area contributed by atoms with E-state index in [1.807, 2.05) is 0 Å². The van der Waals surface area contributed by atoms with Gasteiger partial charge in [0.1, 0.15) is 17.5 Å². The third-order valence-corrected chi connectivity index (χ3v) is 5.45. The molecule has 2 aliphatic rings. The van der Waals surface area contributed by atoms with Crippen molar-refractivity contribution in [2.45, 2.75) is 25.3 Å². The van der Waals surface area contributed by atoms with Crippen molar-refractivity contribution in [2.75, 3.05) is 25.7 Å². The highest BCUT2D eigenvalue weighted by Gasteiger charge is 2.43. The minimum atomic E-state index is -0.639. The normalized spacial score (nSPS) is 18.6. The van der Waals surface area contributed by atoms with Crippen LogP contribution in [0.2, 0.25) is 0 Å². The van der Waals surface area contributed by atoms with Crippen molar-refractivity contribution in [1.29, 1.82) is 0 Å². The number of fused-ring (bicyclic) bond motifs is 2. The molecule has 1 fully saturated rings. The molecule has 0 radical (unpaired) electrons. The molecular formula is C22H22N2O5. The number of para-hydroxylation sites is 1. The number of rotatable bonds is 3. The van der Waals surface area contributed by atoms with Crippen LogP contribution in [0.1, 0.15) is 40.0 Å². The zero-order valence-corrected chi connectivity index (χ0v) is 16.4. The van der Waals surface area contributed by atoms with Crippen LogP contribution in [-0.2, 0) is 4.79 Å². The number of anilines is 1. The molecule has 0 spiro atoms. The Morgan fingerprint density at radius 3 is 2.38 bits per heavy atom. The number of hydrogen-bond acceptors (Lipinski definition) is 5. The van der Waals surface area contributed by atoms with Gasteiger partial charge in [-0.25, -0.2) is 4.90 Å². The first-order chi connectivity index (χ1) is 14.0. The first-order valence-corrected chi connectivity index (χ1v) is 9.56. The summed E-state index contributed by atoms with van der Waals surface area (Å²) in [5.74, 6) is -0.218. The third-order valence-electron chi connectivity index (χ3n) is 5.45. The molecule has 150 valence electrons. The Labute approximate surface area is 168 Å². The van der Waals surface area contributed by atoms with Crippen molar-refractivity contribution in [3.63, 3.8) is 0 Å². The van der Waals surface area contributed by atoms with Crippen molar-refractivity contribution in [3.8, 4) is 11.5 Å². The number of imide groups is 1. The average molecular weight is 394 g/mol. The summed E-state index contributed by atoms with van der Waals surface area (Å²) in [5.41, 5.74) is 0.915. The van der Waals surface area contributed by atoms with Crippen LogP contribution in [0.5, 0.6) is 11.5 Å². The van der Waals surface area contributed by atoms with E-state index in [0.29, 0.717) is 35.7 Å². The summed E-state index contributed by atoms with van der Waals surface area (Å²) in [6, 6.07) is 10.9. The van der Waals surface area contributed by atoms with E-state index in [0.717, 1.165) is 17.7 Å². The van der Waals surface area contributed by atoms with Crippen molar-refractivity contribution in [3.05, 3.63) is 53.6 Å². The van der Waals surface area contributed by atoms with Gasteiger partial charge < -0.3 is 14.4 Å². The standard InChI is InChI=1S/C22H22N2O5/c1-28-15-11-14(12-16(13-15)29-2)20(25)24-18-8-4-3-7-17(18)21(26)23-10-6-5-9-19(23)22(24)27/h3-4,7-8,11-13,19H,5-6,9-10H2,1-2H3/t19-/m0/s1. The van der Waals surface area contributed by atoms with Gasteiger partial charge in [0.2, 0.25) is 0 Å². The van der Waals surface area contributed by atoms with Crippen LogP contribution >= 0.6 is 0 Å².